The number of esters is 3. The molecule has 0 spiro atoms. The number of rotatable bonds is 5. The molecule has 0 aromatic heterocycles. The van der Waals surface area contributed by atoms with Crippen molar-refractivity contribution >= 4 is 23.9 Å². The van der Waals surface area contributed by atoms with Gasteiger partial charge in [0.1, 0.15) is 5.60 Å². The maximum absolute atomic E-state index is 11.8. The van der Waals surface area contributed by atoms with E-state index in [-0.39, 0.29) is 47.2 Å². The van der Waals surface area contributed by atoms with Crippen LogP contribution in [-0.4, -0.2) is 34.6 Å². The number of carboxylic acids is 1. The first-order valence-corrected chi connectivity index (χ1v) is 12.9. The molecule has 1 N–H and O–H groups in total. The fraction of sp³-hybridized carbons (Fsp3) is 0.852. The van der Waals surface area contributed by atoms with Crippen molar-refractivity contribution in [2.45, 2.75) is 100 Å². The molecule has 2 aliphatic carbocycles. The van der Waals surface area contributed by atoms with Crippen LogP contribution in [0.4, 0.5) is 0 Å². The summed E-state index contributed by atoms with van der Waals surface area (Å²) in [5.41, 5.74) is -0.347. The highest BCUT2D eigenvalue weighted by atomic mass is 16.6. The molecule has 0 amide bonds. The van der Waals surface area contributed by atoms with Crippen molar-refractivity contribution in [1.82, 2.24) is 0 Å². The van der Waals surface area contributed by atoms with E-state index in [0.717, 1.165) is 18.8 Å². The van der Waals surface area contributed by atoms with Crippen LogP contribution in [0.25, 0.3) is 0 Å². The monoisotopic (exact) mass is 482 g/mol. The number of hydrogen-bond acceptors (Lipinski definition) is 6. The van der Waals surface area contributed by atoms with E-state index < -0.39 is 5.97 Å². The molecule has 1 aliphatic heterocycles. The van der Waals surface area contributed by atoms with E-state index in [4.69, 9.17) is 14.6 Å². The molecular weight excluding hydrogens is 436 g/mol. The lowest BCUT2D eigenvalue weighted by molar-refractivity contribution is -0.159. The average molecular weight is 483 g/mol. The van der Waals surface area contributed by atoms with Crippen LogP contribution in [0.15, 0.2) is 0 Å². The van der Waals surface area contributed by atoms with Gasteiger partial charge in [-0.05, 0) is 76.5 Å². The van der Waals surface area contributed by atoms with Crippen LogP contribution in [-0.2, 0) is 28.7 Å². The lowest BCUT2D eigenvalue weighted by atomic mass is 9.70. The third-order valence-corrected chi connectivity index (χ3v) is 7.66. The number of cyclic esters (lactones) is 2. The van der Waals surface area contributed by atoms with Crippen LogP contribution >= 0.6 is 0 Å². The molecule has 8 unspecified atom stereocenters. The summed E-state index contributed by atoms with van der Waals surface area (Å²) in [5.74, 6) is 0.509. The van der Waals surface area contributed by atoms with Gasteiger partial charge in [0.15, 0.2) is 0 Å². The van der Waals surface area contributed by atoms with E-state index in [2.05, 4.69) is 6.92 Å². The first-order valence-electron chi connectivity index (χ1n) is 12.9. The van der Waals surface area contributed by atoms with Gasteiger partial charge in [-0.1, -0.05) is 41.5 Å². The van der Waals surface area contributed by atoms with Crippen LogP contribution in [0.2, 0.25) is 0 Å². The van der Waals surface area contributed by atoms with Gasteiger partial charge in [0, 0.05) is 0 Å². The van der Waals surface area contributed by atoms with E-state index >= 15 is 0 Å². The Balaban J connectivity index is 0.000000282. The normalized spacial score (nSPS) is 31.4. The summed E-state index contributed by atoms with van der Waals surface area (Å²) < 4.78 is 9.93. The second-order valence-corrected chi connectivity index (χ2v) is 11.3. The summed E-state index contributed by atoms with van der Waals surface area (Å²) in [6.45, 7) is 17.2. The Morgan fingerprint density at radius 3 is 1.85 bits per heavy atom. The fourth-order valence-corrected chi connectivity index (χ4v) is 5.09. The zero-order chi connectivity index (χ0) is 26.4. The number of fused-ring (bicyclic) bond motifs is 2. The Hall–Kier alpha value is -1.92. The Morgan fingerprint density at radius 2 is 1.53 bits per heavy atom. The van der Waals surface area contributed by atoms with Gasteiger partial charge in [-0.2, -0.15) is 0 Å². The van der Waals surface area contributed by atoms with Crippen molar-refractivity contribution in [3.05, 3.63) is 0 Å². The highest BCUT2D eigenvalue weighted by Gasteiger charge is 2.55. The van der Waals surface area contributed by atoms with Crippen LogP contribution in [0.3, 0.4) is 0 Å². The maximum Gasteiger partial charge on any atom is 0.317 e. The molecule has 2 bridgehead atoms. The molecule has 1 saturated heterocycles. The van der Waals surface area contributed by atoms with Gasteiger partial charge >= 0.3 is 23.9 Å². The molecule has 8 atom stereocenters. The maximum atomic E-state index is 11.8. The van der Waals surface area contributed by atoms with Crippen molar-refractivity contribution in [1.29, 1.82) is 0 Å². The molecule has 0 aromatic rings. The van der Waals surface area contributed by atoms with Crippen molar-refractivity contribution in [3.63, 3.8) is 0 Å². The molecule has 0 radical (unpaired) electrons. The molecule has 7 nitrogen and oxygen atoms in total. The molecular formula is C27H46O7. The third-order valence-electron chi connectivity index (χ3n) is 7.66. The number of ether oxygens (including phenoxy) is 2. The molecule has 196 valence electrons. The van der Waals surface area contributed by atoms with E-state index in [9.17, 15) is 19.2 Å². The zero-order valence-electron chi connectivity index (χ0n) is 22.6. The average Bonchev–Trinajstić information content (AvgIpc) is 3.41. The quantitative estimate of drug-likeness (QED) is 0.407. The van der Waals surface area contributed by atoms with E-state index in [0.29, 0.717) is 17.8 Å². The van der Waals surface area contributed by atoms with E-state index in [1.807, 2.05) is 48.5 Å². The van der Waals surface area contributed by atoms with Crippen LogP contribution < -0.4 is 0 Å². The molecule has 1 heterocycles. The van der Waals surface area contributed by atoms with Crippen molar-refractivity contribution in [3.8, 4) is 0 Å². The highest BCUT2D eigenvalue weighted by Crippen LogP contribution is 2.56. The summed E-state index contributed by atoms with van der Waals surface area (Å²) >= 11 is 0. The Morgan fingerprint density at radius 1 is 1.00 bits per heavy atom. The number of carbonyl (C=O) groups excluding carboxylic acids is 3. The van der Waals surface area contributed by atoms with Crippen LogP contribution in [0.1, 0.15) is 94.4 Å². The minimum atomic E-state index is -0.706. The zero-order valence-corrected chi connectivity index (χ0v) is 22.6. The van der Waals surface area contributed by atoms with Gasteiger partial charge in [0.2, 0.25) is 0 Å². The van der Waals surface area contributed by atoms with Gasteiger partial charge < -0.3 is 14.6 Å². The standard InChI is InChI=1S/C13H18O3.C9H18O2.C5H10O2/c1-6-8-3-4-9(5-8)10(6)11-7(2)12(14)16-13(11)15;1-6-7(2)8(10)11-9(3,4)5;1-3-4(2)5(6)7/h6-11H,3-5H2,1-2H3;7H,6H2,1-5H3;4H,3H2,1-2H3,(H,6,7). The summed E-state index contributed by atoms with van der Waals surface area (Å²) in [5, 5.41) is 8.18. The third kappa shape index (κ3) is 8.09. The summed E-state index contributed by atoms with van der Waals surface area (Å²) in [4.78, 5) is 44.3. The van der Waals surface area contributed by atoms with Crippen LogP contribution in [0.5, 0.6) is 0 Å². The number of carboxylic acid groups (broad SMARTS) is 1. The van der Waals surface area contributed by atoms with Crippen molar-refractivity contribution < 1.29 is 33.8 Å². The summed E-state index contributed by atoms with van der Waals surface area (Å²) in [7, 11) is 0. The van der Waals surface area contributed by atoms with E-state index in [1.165, 1.54) is 19.3 Å². The molecule has 34 heavy (non-hydrogen) atoms. The van der Waals surface area contributed by atoms with Gasteiger partial charge in [0.25, 0.3) is 0 Å². The lowest BCUT2D eigenvalue weighted by Crippen LogP contribution is -2.33. The number of carbonyl (C=O) groups is 4. The second kappa shape index (κ2) is 12.7. The Kier molecular flexibility index (Phi) is 11.2. The van der Waals surface area contributed by atoms with Gasteiger partial charge in [-0.3, -0.25) is 19.2 Å². The molecule has 0 aromatic carbocycles. The number of aliphatic carboxylic acids is 1. The smallest absolute Gasteiger partial charge is 0.317 e. The highest BCUT2D eigenvalue weighted by molar-refractivity contribution is 5.96. The molecule has 2 saturated carbocycles. The molecule has 7 heteroatoms. The minimum Gasteiger partial charge on any atom is -0.481 e. The Labute approximate surface area is 205 Å². The minimum absolute atomic E-state index is 0.0224. The first-order chi connectivity index (χ1) is 15.6. The van der Waals surface area contributed by atoms with Gasteiger partial charge in [-0.25, -0.2) is 0 Å². The van der Waals surface area contributed by atoms with Crippen molar-refractivity contribution in [2.24, 2.45) is 47.3 Å². The van der Waals surface area contributed by atoms with Gasteiger partial charge in [-0.15, -0.1) is 0 Å². The fourth-order valence-electron chi connectivity index (χ4n) is 5.09. The second-order valence-electron chi connectivity index (χ2n) is 11.3. The molecule has 3 rings (SSSR count). The first kappa shape index (κ1) is 30.1. The SMILES string of the molecule is CC1C(=O)OC(=O)C1C1C2CCC(C2)C1C.CCC(C)C(=O)O.CCC(C)C(=O)OC(C)(C)C. The topological polar surface area (TPSA) is 107 Å². The predicted molar refractivity (Wildman–Crippen MR) is 130 cm³/mol. The predicted octanol–water partition coefficient (Wildman–Crippen LogP) is 5.50. The molecule has 3 fully saturated rings. The summed E-state index contributed by atoms with van der Waals surface area (Å²) in [6, 6.07) is 0. The summed E-state index contributed by atoms with van der Waals surface area (Å²) in [6.07, 6.45) is 5.37. The van der Waals surface area contributed by atoms with E-state index in [1.54, 1.807) is 6.92 Å². The number of hydrogen-bond donors (Lipinski definition) is 1. The lowest BCUT2D eigenvalue weighted by Gasteiger charge is -2.32. The Bertz CT molecular complexity index is 721. The van der Waals surface area contributed by atoms with Gasteiger partial charge in [0.05, 0.1) is 23.7 Å². The van der Waals surface area contributed by atoms with Crippen molar-refractivity contribution in [2.75, 3.05) is 0 Å². The largest absolute Gasteiger partial charge is 0.481 e. The molecule has 3 aliphatic rings. The van der Waals surface area contributed by atoms with Crippen LogP contribution in [0, 0.1) is 47.3 Å².